The third-order valence-corrected chi connectivity index (χ3v) is 3.50. The maximum absolute atomic E-state index is 12.2. The molecule has 4 nitrogen and oxygen atoms in total. The highest BCUT2D eigenvalue weighted by atomic mass is 16.3. The second kappa shape index (κ2) is 5.35. The van der Waals surface area contributed by atoms with Crippen LogP contribution in [0.15, 0.2) is 42.5 Å². The Morgan fingerprint density at radius 3 is 2.90 bits per heavy atom. The van der Waals surface area contributed by atoms with Gasteiger partial charge in [-0.25, -0.2) is 0 Å². The molecular formula is C16H16N2O2. The number of fused-ring (bicyclic) bond motifs is 1. The largest absolute Gasteiger partial charge is 0.508 e. The van der Waals surface area contributed by atoms with Crippen LogP contribution in [-0.2, 0) is 13.0 Å². The number of phenolic OH excluding ortho intramolecular Hbond substituents is 1. The van der Waals surface area contributed by atoms with Crippen LogP contribution in [0.25, 0.3) is 0 Å². The first-order valence-electron chi connectivity index (χ1n) is 6.66. The summed E-state index contributed by atoms with van der Waals surface area (Å²) in [7, 11) is 0. The molecule has 0 bridgehead atoms. The van der Waals surface area contributed by atoms with E-state index in [4.69, 9.17) is 0 Å². The molecule has 0 spiro atoms. The molecule has 0 saturated heterocycles. The Balaban J connectivity index is 1.86. The molecule has 0 unspecified atom stereocenters. The van der Waals surface area contributed by atoms with Gasteiger partial charge < -0.3 is 15.7 Å². The van der Waals surface area contributed by atoms with Crippen LogP contribution in [0, 0.1) is 0 Å². The van der Waals surface area contributed by atoms with E-state index in [-0.39, 0.29) is 11.7 Å². The summed E-state index contributed by atoms with van der Waals surface area (Å²) >= 11 is 0. The van der Waals surface area contributed by atoms with Gasteiger partial charge in [-0.1, -0.05) is 18.2 Å². The van der Waals surface area contributed by atoms with Crippen molar-refractivity contribution in [1.29, 1.82) is 0 Å². The number of benzene rings is 2. The predicted molar refractivity (Wildman–Crippen MR) is 77.9 cm³/mol. The smallest absolute Gasteiger partial charge is 0.255 e. The second-order valence-electron chi connectivity index (χ2n) is 4.87. The second-order valence-corrected chi connectivity index (χ2v) is 4.87. The molecule has 1 aliphatic heterocycles. The summed E-state index contributed by atoms with van der Waals surface area (Å²) in [6.45, 7) is 1.74. The van der Waals surface area contributed by atoms with Crippen LogP contribution in [0.2, 0.25) is 0 Å². The minimum Gasteiger partial charge on any atom is -0.508 e. The number of aromatic hydroxyl groups is 1. The van der Waals surface area contributed by atoms with Gasteiger partial charge in [-0.2, -0.15) is 0 Å². The first-order chi connectivity index (χ1) is 9.74. The van der Waals surface area contributed by atoms with Crippen molar-refractivity contribution in [2.75, 3.05) is 11.9 Å². The zero-order chi connectivity index (χ0) is 13.9. The first-order valence-corrected chi connectivity index (χ1v) is 6.66. The Bertz CT molecular complexity index is 653. The summed E-state index contributed by atoms with van der Waals surface area (Å²) in [6.07, 6.45) is 0.977. The first kappa shape index (κ1) is 12.7. The predicted octanol–water partition coefficient (Wildman–Crippen LogP) is 2.29. The van der Waals surface area contributed by atoms with Gasteiger partial charge in [-0.3, -0.25) is 4.79 Å². The Morgan fingerprint density at radius 2 is 2.05 bits per heavy atom. The van der Waals surface area contributed by atoms with E-state index in [1.54, 1.807) is 18.2 Å². The molecule has 0 aromatic heterocycles. The fraction of sp³-hybridized carbons (Fsp3) is 0.188. The highest BCUT2D eigenvalue weighted by Gasteiger charge is 2.14. The molecule has 0 fully saturated rings. The molecule has 102 valence electrons. The molecule has 20 heavy (non-hydrogen) atoms. The number of rotatable bonds is 2. The van der Waals surface area contributed by atoms with Crippen LogP contribution in [0.1, 0.15) is 21.5 Å². The number of carbonyl (C=O) groups is 1. The van der Waals surface area contributed by atoms with Crippen molar-refractivity contribution in [3.8, 4) is 5.75 Å². The molecule has 3 N–H and O–H groups in total. The van der Waals surface area contributed by atoms with Crippen molar-refractivity contribution in [2.24, 2.45) is 0 Å². The minimum absolute atomic E-state index is 0.0920. The fourth-order valence-electron chi connectivity index (χ4n) is 2.47. The van der Waals surface area contributed by atoms with Crippen LogP contribution >= 0.6 is 0 Å². The Hall–Kier alpha value is -2.33. The van der Waals surface area contributed by atoms with Crippen LogP contribution in [0.4, 0.5) is 5.69 Å². The molecule has 2 aromatic carbocycles. The number of nitrogens with one attached hydrogen (secondary N) is 2. The van der Waals surface area contributed by atoms with Crippen molar-refractivity contribution in [3.63, 3.8) is 0 Å². The third-order valence-electron chi connectivity index (χ3n) is 3.50. The lowest BCUT2D eigenvalue weighted by atomic mass is 9.99. The van der Waals surface area contributed by atoms with E-state index in [0.29, 0.717) is 5.56 Å². The van der Waals surface area contributed by atoms with Crippen LogP contribution in [-0.4, -0.2) is 17.6 Å². The van der Waals surface area contributed by atoms with E-state index in [0.717, 1.165) is 30.8 Å². The van der Waals surface area contributed by atoms with Crippen LogP contribution in [0.3, 0.4) is 0 Å². The summed E-state index contributed by atoms with van der Waals surface area (Å²) in [4.78, 5) is 12.2. The van der Waals surface area contributed by atoms with Crippen molar-refractivity contribution >= 4 is 11.6 Å². The van der Waals surface area contributed by atoms with Gasteiger partial charge in [0.25, 0.3) is 5.91 Å². The standard InChI is InChI=1S/C16H16N2O2/c19-13-5-1-4-12(9-13)16(20)18-15-6-2-3-11-7-8-17-10-14(11)15/h1-6,9,17,19H,7-8,10H2,(H,18,20). The summed E-state index contributed by atoms with van der Waals surface area (Å²) in [6, 6.07) is 12.3. The molecule has 1 amide bonds. The molecule has 1 heterocycles. The van der Waals surface area contributed by atoms with Gasteiger partial charge in [0.1, 0.15) is 5.75 Å². The zero-order valence-corrected chi connectivity index (χ0v) is 11.0. The highest BCUT2D eigenvalue weighted by molar-refractivity contribution is 6.05. The maximum atomic E-state index is 12.2. The molecule has 3 rings (SSSR count). The Labute approximate surface area is 117 Å². The maximum Gasteiger partial charge on any atom is 0.255 e. The van der Waals surface area contributed by atoms with E-state index in [9.17, 15) is 9.90 Å². The quantitative estimate of drug-likeness (QED) is 0.783. The van der Waals surface area contributed by atoms with Gasteiger partial charge >= 0.3 is 0 Å². The molecule has 0 aliphatic carbocycles. The van der Waals surface area contributed by atoms with Crippen LogP contribution in [0.5, 0.6) is 5.75 Å². The van der Waals surface area contributed by atoms with Crippen molar-refractivity contribution in [1.82, 2.24) is 5.32 Å². The average molecular weight is 268 g/mol. The summed E-state index contributed by atoms with van der Waals surface area (Å²) in [5.41, 5.74) is 3.71. The summed E-state index contributed by atoms with van der Waals surface area (Å²) in [5, 5.41) is 15.7. The molecular weight excluding hydrogens is 252 g/mol. The monoisotopic (exact) mass is 268 g/mol. The van der Waals surface area contributed by atoms with Crippen molar-refractivity contribution in [2.45, 2.75) is 13.0 Å². The van der Waals surface area contributed by atoms with E-state index >= 15 is 0 Å². The SMILES string of the molecule is O=C(Nc1cccc2c1CNCC2)c1cccc(O)c1. The number of hydrogen-bond donors (Lipinski definition) is 3. The highest BCUT2D eigenvalue weighted by Crippen LogP contribution is 2.23. The van der Waals surface area contributed by atoms with Crippen LogP contribution < -0.4 is 10.6 Å². The third kappa shape index (κ3) is 2.51. The lowest BCUT2D eigenvalue weighted by Crippen LogP contribution is -2.25. The van der Waals surface area contributed by atoms with Gasteiger partial charge in [0.2, 0.25) is 0 Å². The number of phenols is 1. The number of carbonyl (C=O) groups excluding carboxylic acids is 1. The number of anilines is 1. The number of amides is 1. The van der Waals surface area contributed by atoms with Gasteiger partial charge in [-0.05, 0) is 48.4 Å². The molecule has 2 aromatic rings. The Kier molecular flexibility index (Phi) is 3.39. The van der Waals surface area contributed by atoms with E-state index in [1.165, 1.54) is 11.6 Å². The lowest BCUT2D eigenvalue weighted by Gasteiger charge is -2.20. The van der Waals surface area contributed by atoms with Gasteiger partial charge in [0, 0.05) is 17.8 Å². The summed E-state index contributed by atoms with van der Waals surface area (Å²) in [5.74, 6) is -0.116. The van der Waals surface area contributed by atoms with Gasteiger partial charge in [0.05, 0.1) is 0 Å². The molecule has 0 saturated carbocycles. The topological polar surface area (TPSA) is 61.4 Å². The van der Waals surface area contributed by atoms with Gasteiger partial charge in [0.15, 0.2) is 0 Å². The molecule has 0 radical (unpaired) electrons. The molecule has 1 aliphatic rings. The normalized spacial score (nSPS) is 13.6. The minimum atomic E-state index is -0.208. The van der Waals surface area contributed by atoms with Crippen molar-refractivity contribution in [3.05, 3.63) is 59.2 Å². The summed E-state index contributed by atoms with van der Waals surface area (Å²) < 4.78 is 0. The van der Waals surface area contributed by atoms with E-state index in [1.807, 2.05) is 12.1 Å². The van der Waals surface area contributed by atoms with E-state index < -0.39 is 0 Å². The number of hydrogen-bond acceptors (Lipinski definition) is 3. The average Bonchev–Trinajstić information content (AvgIpc) is 2.47. The Morgan fingerprint density at radius 1 is 1.20 bits per heavy atom. The van der Waals surface area contributed by atoms with Crippen molar-refractivity contribution < 1.29 is 9.90 Å². The lowest BCUT2D eigenvalue weighted by molar-refractivity contribution is 0.102. The van der Waals surface area contributed by atoms with Gasteiger partial charge in [-0.15, -0.1) is 0 Å². The molecule has 0 atom stereocenters. The van der Waals surface area contributed by atoms with E-state index in [2.05, 4.69) is 16.7 Å². The fourth-order valence-corrected chi connectivity index (χ4v) is 2.47. The molecule has 4 heteroatoms. The zero-order valence-electron chi connectivity index (χ0n) is 11.0.